The highest BCUT2D eigenvalue weighted by molar-refractivity contribution is 5.92. The first-order chi connectivity index (χ1) is 15.5. The second-order valence-corrected chi connectivity index (χ2v) is 8.22. The summed E-state index contributed by atoms with van der Waals surface area (Å²) in [6.45, 7) is 6.70. The SMILES string of the molecule is CCc1cc2ncc(CN3CC=C(c4ccc(C(=O)NC)nc4)C(CC)C3)cc2[nH]c1=O. The Hall–Kier alpha value is -3.32. The summed E-state index contributed by atoms with van der Waals surface area (Å²) in [6, 6.07) is 7.67. The zero-order valence-electron chi connectivity index (χ0n) is 18.8. The number of nitrogens with one attached hydrogen (secondary N) is 2. The molecule has 32 heavy (non-hydrogen) atoms. The van der Waals surface area contributed by atoms with Crippen LogP contribution in [0.5, 0.6) is 0 Å². The van der Waals surface area contributed by atoms with Crippen molar-refractivity contribution in [1.82, 2.24) is 25.2 Å². The first-order valence-corrected chi connectivity index (χ1v) is 11.1. The van der Waals surface area contributed by atoms with Gasteiger partial charge in [0.15, 0.2) is 0 Å². The van der Waals surface area contributed by atoms with Crippen molar-refractivity contribution in [2.75, 3.05) is 20.1 Å². The average molecular weight is 432 g/mol. The second-order valence-electron chi connectivity index (χ2n) is 8.22. The molecule has 7 heteroatoms. The lowest BCUT2D eigenvalue weighted by Crippen LogP contribution is -2.33. The lowest BCUT2D eigenvalue weighted by molar-refractivity contribution is 0.0958. The fraction of sp³-hybridized carbons (Fsp3) is 0.360. The van der Waals surface area contributed by atoms with Crippen LogP contribution in [0.25, 0.3) is 16.6 Å². The number of hydrogen-bond donors (Lipinski definition) is 2. The van der Waals surface area contributed by atoms with E-state index in [1.807, 2.05) is 31.3 Å². The summed E-state index contributed by atoms with van der Waals surface area (Å²) in [7, 11) is 1.61. The van der Waals surface area contributed by atoms with Gasteiger partial charge < -0.3 is 10.3 Å². The molecule has 0 aliphatic carbocycles. The Balaban J connectivity index is 1.51. The van der Waals surface area contributed by atoms with Gasteiger partial charge in [-0.3, -0.25) is 24.5 Å². The zero-order valence-corrected chi connectivity index (χ0v) is 18.8. The van der Waals surface area contributed by atoms with Crippen molar-refractivity contribution in [1.29, 1.82) is 0 Å². The predicted octanol–water partition coefficient (Wildman–Crippen LogP) is 3.17. The quantitative estimate of drug-likeness (QED) is 0.626. The Morgan fingerprint density at radius 3 is 2.75 bits per heavy atom. The molecule has 3 aromatic heterocycles. The van der Waals surface area contributed by atoms with Crippen LogP contribution in [-0.4, -0.2) is 45.9 Å². The van der Waals surface area contributed by atoms with Gasteiger partial charge in [-0.2, -0.15) is 0 Å². The number of carbonyl (C=O) groups excluding carboxylic acids is 1. The van der Waals surface area contributed by atoms with Crippen molar-refractivity contribution in [3.8, 4) is 0 Å². The van der Waals surface area contributed by atoms with Gasteiger partial charge in [0, 0.05) is 44.6 Å². The van der Waals surface area contributed by atoms with Gasteiger partial charge in [-0.15, -0.1) is 0 Å². The summed E-state index contributed by atoms with van der Waals surface area (Å²) >= 11 is 0. The Morgan fingerprint density at radius 2 is 2.06 bits per heavy atom. The van der Waals surface area contributed by atoms with Crippen molar-refractivity contribution in [3.63, 3.8) is 0 Å². The minimum atomic E-state index is -0.177. The van der Waals surface area contributed by atoms with Gasteiger partial charge in [0.05, 0.1) is 11.0 Å². The van der Waals surface area contributed by atoms with Crippen LogP contribution >= 0.6 is 0 Å². The number of aromatic amines is 1. The van der Waals surface area contributed by atoms with E-state index in [-0.39, 0.29) is 11.5 Å². The van der Waals surface area contributed by atoms with Gasteiger partial charge >= 0.3 is 0 Å². The third-order valence-corrected chi connectivity index (χ3v) is 6.15. The number of aromatic nitrogens is 3. The molecule has 1 aliphatic heterocycles. The molecule has 3 aromatic rings. The molecular formula is C25H29N5O2. The van der Waals surface area contributed by atoms with Gasteiger partial charge in [0.25, 0.3) is 11.5 Å². The second kappa shape index (κ2) is 9.44. The molecular weight excluding hydrogens is 402 g/mol. The Kier molecular flexibility index (Phi) is 6.46. The smallest absolute Gasteiger partial charge is 0.269 e. The highest BCUT2D eigenvalue weighted by atomic mass is 16.1. The van der Waals surface area contributed by atoms with E-state index < -0.39 is 0 Å². The maximum absolute atomic E-state index is 12.2. The minimum Gasteiger partial charge on any atom is -0.354 e. The molecule has 1 unspecified atom stereocenters. The molecule has 0 spiro atoms. The van der Waals surface area contributed by atoms with E-state index in [1.54, 1.807) is 19.3 Å². The number of hydrogen-bond acceptors (Lipinski definition) is 5. The number of carbonyl (C=O) groups is 1. The van der Waals surface area contributed by atoms with Gasteiger partial charge in [-0.05, 0) is 53.7 Å². The highest BCUT2D eigenvalue weighted by Gasteiger charge is 2.23. The van der Waals surface area contributed by atoms with E-state index in [0.29, 0.717) is 18.0 Å². The molecule has 4 heterocycles. The van der Waals surface area contributed by atoms with Crippen LogP contribution in [0.15, 0.2) is 47.5 Å². The summed E-state index contributed by atoms with van der Waals surface area (Å²) in [6.07, 6.45) is 7.67. The van der Waals surface area contributed by atoms with Crippen molar-refractivity contribution in [3.05, 3.63) is 75.5 Å². The summed E-state index contributed by atoms with van der Waals surface area (Å²) in [5, 5.41) is 2.60. The van der Waals surface area contributed by atoms with E-state index in [0.717, 1.165) is 53.8 Å². The minimum absolute atomic E-state index is 0.0356. The van der Waals surface area contributed by atoms with E-state index in [4.69, 9.17) is 0 Å². The molecule has 1 atom stereocenters. The van der Waals surface area contributed by atoms with E-state index >= 15 is 0 Å². The summed E-state index contributed by atoms with van der Waals surface area (Å²) in [5.74, 6) is 0.209. The van der Waals surface area contributed by atoms with Crippen LogP contribution in [-0.2, 0) is 13.0 Å². The van der Waals surface area contributed by atoms with Crippen molar-refractivity contribution in [2.45, 2.75) is 33.2 Å². The average Bonchev–Trinajstić information content (AvgIpc) is 2.83. The number of pyridine rings is 3. The molecule has 0 saturated heterocycles. The molecule has 1 aliphatic rings. The topological polar surface area (TPSA) is 91.0 Å². The molecule has 1 amide bonds. The molecule has 0 radical (unpaired) electrons. The Labute approximate surface area is 187 Å². The number of amides is 1. The molecule has 7 nitrogen and oxygen atoms in total. The van der Waals surface area contributed by atoms with Crippen LogP contribution in [0.2, 0.25) is 0 Å². The molecule has 0 bridgehead atoms. The van der Waals surface area contributed by atoms with Crippen LogP contribution in [0.1, 0.15) is 47.4 Å². The maximum Gasteiger partial charge on any atom is 0.269 e. The first kappa shape index (κ1) is 21.9. The lowest BCUT2D eigenvalue weighted by Gasteiger charge is -2.32. The zero-order chi connectivity index (χ0) is 22.7. The predicted molar refractivity (Wildman–Crippen MR) is 126 cm³/mol. The van der Waals surface area contributed by atoms with Gasteiger partial charge in [0.2, 0.25) is 0 Å². The summed E-state index contributed by atoms with van der Waals surface area (Å²) < 4.78 is 0. The van der Waals surface area contributed by atoms with Crippen molar-refractivity contribution in [2.24, 2.45) is 5.92 Å². The molecule has 0 fully saturated rings. The largest absolute Gasteiger partial charge is 0.354 e. The van der Waals surface area contributed by atoms with Crippen LogP contribution in [0.4, 0.5) is 0 Å². The van der Waals surface area contributed by atoms with Crippen LogP contribution < -0.4 is 10.9 Å². The van der Waals surface area contributed by atoms with E-state index in [9.17, 15) is 9.59 Å². The standard InChI is InChI=1S/C25H29N5O2/c1-4-17-11-22-23(29-24(17)31)10-16(12-27-22)14-30-9-8-20(18(5-2)15-30)19-6-7-21(28-13-19)25(32)26-3/h6-8,10-13,18H,4-5,9,14-15H2,1-3H3,(H,26,32)(H,29,31). The number of rotatable bonds is 6. The number of fused-ring (bicyclic) bond motifs is 1. The van der Waals surface area contributed by atoms with Crippen molar-refractivity contribution >= 4 is 22.5 Å². The molecule has 0 aromatic carbocycles. The fourth-order valence-corrected chi connectivity index (χ4v) is 4.31. The molecule has 0 saturated carbocycles. The first-order valence-electron chi connectivity index (χ1n) is 11.1. The van der Waals surface area contributed by atoms with Crippen LogP contribution in [0, 0.1) is 5.92 Å². The third-order valence-electron chi connectivity index (χ3n) is 6.15. The van der Waals surface area contributed by atoms with Crippen LogP contribution in [0.3, 0.4) is 0 Å². The summed E-state index contributed by atoms with van der Waals surface area (Å²) in [5.41, 5.74) is 6.20. The van der Waals surface area contributed by atoms with Gasteiger partial charge in [-0.1, -0.05) is 26.0 Å². The molecule has 4 rings (SSSR count). The van der Waals surface area contributed by atoms with E-state index in [2.05, 4.69) is 38.2 Å². The van der Waals surface area contributed by atoms with Gasteiger partial charge in [0.1, 0.15) is 5.69 Å². The monoisotopic (exact) mass is 431 g/mol. The Bertz CT molecular complexity index is 1210. The number of aryl methyl sites for hydroxylation is 1. The van der Waals surface area contributed by atoms with Crippen molar-refractivity contribution < 1.29 is 4.79 Å². The maximum atomic E-state index is 12.2. The normalized spacial score (nSPS) is 16.7. The van der Waals surface area contributed by atoms with E-state index in [1.165, 1.54) is 5.57 Å². The molecule has 2 N–H and O–H groups in total. The highest BCUT2D eigenvalue weighted by Crippen LogP contribution is 2.30. The van der Waals surface area contributed by atoms with Gasteiger partial charge in [-0.25, -0.2) is 0 Å². The fourth-order valence-electron chi connectivity index (χ4n) is 4.31. The summed E-state index contributed by atoms with van der Waals surface area (Å²) in [4.78, 5) is 38.2. The number of H-pyrrole nitrogens is 1. The lowest BCUT2D eigenvalue weighted by atomic mass is 9.87. The number of nitrogens with zero attached hydrogens (tertiary/aromatic N) is 3. The Morgan fingerprint density at radius 1 is 1.22 bits per heavy atom. The third kappa shape index (κ3) is 4.48. The molecule has 166 valence electrons.